The zero-order valence-electron chi connectivity index (χ0n) is 21.6. The standard InChI is InChI=1S/C35H26N2O2S/c38-34(28-21-20-24-10-4-5-14-27(24)22-28)36-29-16-9-17-30(23-29)40-33(26-12-2-1-3-13-26)35(39)37-32-19-8-15-25-11-6-7-18-31(25)32/h1-23,33H,(H,36,38)(H,37,39). The molecule has 0 aliphatic carbocycles. The van der Waals surface area contributed by atoms with Crippen molar-refractivity contribution in [3.8, 4) is 0 Å². The number of carbonyl (C=O) groups excluding carboxylic acids is 2. The maximum Gasteiger partial charge on any atom is 0.255 e. The highest BCUT2D eigenvalue weighted by atomic mass is 32.2. The molecule has 40 heavy (non-hydrogen) atoms. The zero-order valence-corrected chi connectivity index (χ0v) is 22.4. The van der Waals surface area contributed by atoms with Crippen molar-refractivity contribution >= 4 is 56.5 Å². The number of carbonyl (C=O) groups is 2. The van der Waals surface area contributed by atoms with Crippen LogP contribution in [0, 0.1) is 0 Å². The van der Waals surface area contributed by atoms with Crippen molar-refractivity contribution in [2.24, 2.45) is 0 Å². The van der Waals surface area contributed by atoms with E-state index >= 15 is 0 Å². The Hall–Kier alpha value is -4.87. The van der Waals surface area contributed by atoms with Gasteiger partial charge in [-0.05, 0) is 58.1 Å². The second-order valence-electron chi connectivity index (χ2n) is 9.47. The fraction of sp³-hybridized carbons (Fsp3) is 0.0286. The molecule has 0 saturated carbocycles. The summed E-state index contributed by atoms with van der Waals surface area (Å²) in [5.74, 6) is -0.292. The lowest BCUT2D eigenvalue weighted by atomic mass is 10.1. The Kier molecular flexibility index (Phi) is 7.29. The van der Waals surface area contributed by atoms with E-state index in [9.17, 15) is 9.59 Å². The predicted molar refractivity (Wildman–Crippen MR) is 166 cm³/mol. The Morgan fingerprint density at radius 3 is 2.12 bits per heavy atom. The maximum atomic E-state index is 13.7. The lowest BCUT2D eigenvalue weighted by Crippen LogP contribution is -2.19. The van der Waals surface area contributed by atoms with Crippen LogP contribution in [0.25, 0.3) is 21.5 Å². The van der Waals surface area contributed by atoms with E-state index in [1.807, 2.05) is 140 Å². The molecular weight excluding hydrogens is 512 g/mol. The van der Waals surface area contributed by atoms with Crippen LogP contribution in [0.4, 0.5) is 11.4 Å². The van der Waals surface area contributed by atoms with E-state index in [0.717, 1.165) is 37.7 Å². The number of fused-ring (bicyclic) bond motifs is 2. The molecule has 6 aromatic carbocycles. The van der Waals surface area contributed by atoms with Crippen LogP contribution in [0.3, 0.4) is 0 Å². The first kappa shape index (κ1) is 25.4. The van der Waals surface area contributed by atoms with Gasteiger partial charge in [-0.1, -0.05) is 103 Å². The number of benzene rings is 6. The Labute approximate surface area is 237 Å². The lowest BCUT2D eigenvalue weighted by Gasteiger charge is -2.18. The normalized spacial score (nSPS) is 11.7. The average molecular weight is 539 g/mol. The third-order valence-electron chi connectivity index (χ3n) is 6.75. The van der Waals surface area contributed by atoms with Crippen molar-refractivity contribution in [1.82, 2.24) is 0 Å². The van der Waals surface area contributed by atoms with Gasteiger partial charge in [-0.15, -0.1) is 11.8 Å². The molecule has 4 nitrogen and oxygen atoms in total. The molecule has 0 spiro atoms. The topological polar surface area (TPSA) is 58.2 Å². The second-order valence-corrected chi connectivity index (χ2v) is 10.6. The van der Waals surface area contributed by atoms with Gasteiger partial charge in [0.1, 0.15) is 5.25 Å². The fourth-order valence-corrected chi connectivity index (χ4v) is 5.83. The van der Waals surface area contributed by atoms with E-state index in [1.165, 1.54) is 11.8 Å². The Morgan fingerprint density at radius 2 is 1.27 bits per heavy atom. The van der Waals surface area contributed by atoms with Gasteiger partial charge >= 0.3 is 0 Å². The van der Waals surface area contributed by atoms with Crippen LogP contribution < -0.4 is 10.6 Å². The fourth-order valence-electron chi connectivity index (χ4n) is 4.75. The molecule has 6 rings (SSSR count). The summed E-state index contributed by atoms with van der Waals surface area (Å²) in [6.07, 6.45) is 0. The first-order valence-electron chi connectivity index (χ1n) is 13.0. The molecule has 6 aromatic rings. The minimum absolute atomic E-state index is 0.113. The van der Waals surface area contributed by atoms with Gasteiger partial charge in [0.05, 0.1) is 0 Å². The van der Waals surface area contributed by atoms with Gasteiger partial charge < -0.3 is 10.6 Å². The van der Waals surface area contributed by atoms with Crippen molar-refractivity contribution in [3.05, 3.63) is 151 Å². The molecule has 0 aliphatic heterocycles. The van der Waals surface area contributed by atoms with Gasteiger partial charge in [0.25, 0.3) is 5.91 Å². The largest absolute Gasteiger partial charge is 0.324 e. The van der Waals surface area contributed by atoms with E-state index in [2.05, 4.69) is 10.6 Å². The van der Waals surface area contributed by atoms with E-state index in [0.29, 0.717) is 11.3 Å². The summed E-state index contributed by atoms with van der Waals surface area (Å²) in [6, 6.07) is 44.9. The summed E-state index contributed by atoms with van der Waals surface area (Å²) in [4.78, 5) is 27.6. The van der Waals surface area contributed by atoms with Crippen molar-refractivity contribution in [2.45, 2.75) is 10.1 Å². The number of nitrogens with one attached hydrogen (secondary N) is 2. The molecule has 0 saturated heterocycles. The van der Waals surface area contributed by atoms with Crippen LogP contribution in [-0.4, -0.2) is 11.8 Å². The van der Waals surface area contributed by atoms with Crippen molar-refractivity contribution in [3.63, 3.8) is 0 Å². The highest BCUT2D eigenvalue weighted by molar-refractivity contribution is 8.00. The van der Waals surface area contributed by atoms with Gasteiger partial charge in [-0.3, -0.25) is 9.59 Å². The van der Waals surface area contributed by atoms with E-state index in [1.54, 1.807) is 0 Å². The van der Waals surface area contributed by atoms with Crippen molar-refractivity contribution < 1.29 is 9.59 Å². The highest BCUT2D eigenvalue weighted by Gasteiger charge is 2.23. The molecule has 0 fully saturated rings. The first-order chi connectivity index (χ1) is 19.6. The van der Waals surface area contributed by atoms with Crippen LogP contribution in [0.2, 0.25) is 0 Å². The molecule has 0 aliphatic rings. The summed E-state index contributed by atoms with van der Waals surface area (Å²) in [5.41, 5.74) is 2.94. The third kappa shape index (κ3) is 5.60. The number of hydrogen-bond donors (Lipinski definition) is 2. The minimum atomic E-state index is -0.494. The van der Waals surface area contributed by atoms with E-state index in [4.69, 9.17) is 0 Å². The van der Waals surface area contributed by atoms with Gasteiger partial charge in [0, 0.05) is 27.2 Å². The zero-order chi connectivity index (χ0) is 27.3. The Bertz CT molecular complexity index is 1830. The number of rotatable bonds is 7. The Morgan fingerprint density at radius 1 is 0.575 bits per heavy atom. The summed E-state index contributed by atoms with van der Waals surface area (Å²) >= 11 is 1.45. The van der Waals surface area contributed by atoms with Crippen molar-refractivity contribution in [1.29, 1.82) is 0 Å². The molecule has 2 N–H and O–H groups in total. The van der Waals surface area contributed by atoms with Gasteiger partial charge in [-0.2, -0.15) is 0 Å². The highest BCUT2D eigenvalue weighted by Crippen LogP contribution is 2.38. The first-order valence-corrected chi connectivity index (χ1v) is 13.9. The maximum absolute atomic E-state index is 13.7. The molecule has 2 amide bonds. The lowest BCUT2D eigenvalue weighted by molar-refractivity contribution is -0.115. The van der Waals surface area contributed by atoms with Gasteiger partial charge in [0.15, 0.2) is 0 Å². The van der Waals surface area contributed by atoms with Gasteiger partial charge in [0.2, 0.25) is 5.91 Å². The van der Waals surface area contributed by atoms with Crippen LogP contribution in [0.1, 0.15) is 21.2 Å². The second kappa shape index (κ2) is 11.5. The summed E-state index contributed by atoms with van der Waals surface area (Å²) in [7, 11) is 0. The number of thioether (sulfide) groups is 1. The molecule has 5 heteroatoms. The molecule has 0 heterocycles. The molecule has 0 bridgehead atoms. The number of anilines is 2. The SMILES string of the molecule is O=C(Nc1cccc(SC(C(=O)Nc2cccc3ccccc23)c2ccccc2)c1)c1ccc2ccccc2c1. The van der Waals surface area contributed by atoms with Crippen LogP contribution >= 0.6 is 11.8 Å². The summed E-state index contributed by atoms with van der Waals surface area (Å²) in [5, 5.41) is 9.84. The third-order valence-corrected chi connectivity index (χ3v) is 7.99. The number of amides is 2. The summed E-state index contributed by atoms with van der Waals surface area (Å²) < 4.78 is 0. The molecule has 194 valence electrons. The van der Waals surface area contributed by atoms with E-state index in [-0.39, 0.29) is 11.8 Å². The van der Waals surface area contributed by atoms with Crippen LogP contribution in [0.15, 0.2) is 144 Å². The monoisotopic (exact) mass is 538 g/mol. The quantitative estimate of drug-likeness (QED) is 0.200. The summed E-state index contributed by atoms with van der Waals surface area (Å²) in [6.45, 7) is 0. The molecule has 1 unspecified atom stereocenters. The van der Waals surface area contributed by atoms with Gasteiger partial charge in [-0.25, -0.2) is 0 Å². The molecular formula is C35H26N2O2S. The Balaban J connectivity index is 1.24. The minimum Gasteiger partial charge on any atom is -0.324 e. The molecule has 0 aromatic heterocycles. The van der Waals surface area contributed by atoms with E-state index < -0.39 is 5.25 Å². The van der Waals surface area contributed by atoms with Crippen LogP contribution in [0.5, 0.6) is 0 Å². The average Bonchev–Trinajstić information content (AvgIpc) is 3.00. The molecule has 0 radical (unpaired) electrons. The van der Waals surface area contributed by atoms with Crippen LogP contribution in [-0.2, 0) is 4.79 Å². The smallest absolute Gasteiger partial charge is 0.255 e. The van der Waals surface area contributed by atoms with Crippen molar-refractivity contribution in [2.75, 3.05) is 10.6 Å². The predicted octanol–water partition coefficient (Wildman–Crippen LogP) is 8.72. The number of hydrogen-bond acceptors (Lipinski definition) is 3. The molecule has 1 atom stereocenters.